The standard InChI is InChI=1S/C30H23N3O2/c1-20-12-14-31-29(16-20)33-27-9-4-3-8-25(27)26-11-10-22(18-28(26)33)21-6-5-7-24(17-21)35-30-19-23(34-2)13-15-32-30/h3-19H,1-2H3. The second-order valence-electron chi connectivity index (χ2n) is 8.44. The molecule has 0 aliphatic rings. The van der Waals surface area contributed by atoms with Crippen molar-refractivity contribution in [2.45, 2.75) is 6.92 Å². The summed E-state index contributed by atoms with van der Waals surface area (Å²) < 4.78 is 13.5. The Morgan fingerprint density at radius 1 is 0.657 bits per heavy atom. The number of hydrogen-bond acceptors (Lipinski definition) is 4. The number of rotatable bonds is 5. The molecule has 0 fully saturated rings. The molecule has 3 heterocycles. The lowest BCUT2D eigenvalue weighted by Gasteiger charge is -2.10. The minimum Gasteiger partial charge on any atom is -0.497 e. The molecular weight excluding hydrogens is 434 g/mol. The summed E-state index contributed by atoms with van der Waals surface area (Å²) in [5.74, 6) is 2.82. The van der Waals surface area contributed by atoms with Gasteiger partial charge < -0.3 is 9.47 Å². The number of fused-ring (bicyclic) bond motifs is 3. The van der Waals surface area contributed by atoms with Crippen molar-refractivity contribution in [3.05, 3.63) is 109 Å². The molecular formula is C30H23N3O2. The highest BCUT2D eigenvalue weighted by Gasteiger charge is 2.14. The lowest BCUT2D eigenvalue weighted by atomic mass is 10.0. The van der Waals surface area contributed by atoms with Crippen molar-refractivity contribution in [3.8, 4) is 34.3 Å². The van der Waals surface area contributed by atoms with E-state index in [4.69, 9.17) is 9.47 Å². The Bertz CT molecular complexity index is 1690. The molecule has 0 N–H and O–H groups in total. The van der Waals surface area contributed by atoms with Crippen molar-refractivity contribution in [3.63, 3.8) is 0 Å². The Morgan fingerprint density at radius 2 is 1.49 bits per heavy atom. The van der Waals surface area contributed by atoms with Gasteiger partial charge in [0.2, 0.25) is 5.88 Å². The molecule has 3 aromatic carbocycles. The first-order valence-electron chi connectivity index (χ1n) is 11.4. The molecule has 0 aliphatic carbocycles. The second kappa shape index (κ2) is 8.61. The summed E-state index contributed by atoms with van der Waals surface area (Å²) in [6.45, 7) is 2.09. The van der Waals surface area contributed by atoms with Gasteiger partial charge in [-0.2, -0.15) is 0 Å². The van der Waals surface area contributed by atoms with Crippen LogP contribution in [0, 0.1) is 6.92 Å². The van der Waals surface area contributed by atoms with Gasteiger partial charge in [-0.05, 0) is 66.1 Å². The van der Waals surface area contributed by atoms with Crippen LogP contribution in [0.15, 0.2) is 103 Å². The fourth-order valence-electron chi connectivity index (χ4n) is 4.47. The van der Waals surface area contributed by atoms with E-state index in [1.165, 1.54) is 16.3 Å². The Labute approximate surface area is 203 Å². The zero-order chi connectivity index (χ0) is 23.8. The largest absolute Gasteiger partial charge is 0.497 e. The number of pyridine rings is 2. The third-order valence-corrected chi connectivity index (χ3v) is 6.14. The van der Waals surface area contributed by atoms with Crippen LogP contribution in [0.1, 0.15) is 5.56 Å². The number of aryl methyl sites for hydroxylation is 1. The van der Waals surface area contributed by atoms with Crippen molar-refractivity contribution < 1.29 is 9.47 Å². The Hall–Kier alpha value is -4.64. The molecule has 35 heavy (non-hydrogen) atoms. The van der Waals surface area contributed by atoms with E-state index in [0.29, 0.717) is 17.4 Å². The quantitative estimate of drug-likeness (QED) is 0.272. The molecule has 6 rings (SSSR count). The van der Waals surface area contributed by atoms with E-state index in [9.17, 15) is 0 Å². The number of hydrogen-bond donors (Lipinski definition) is 0. The van der Waals surface area contributed by atoms with E-state index >= 15 is 0 Å². The first-order valence-corrected chi connectivity index (χ1v) is 11.4. The maximum Gasteiger partial charge on any atom is 0.222 e. The van der Waals surface area contributed by atoms with Gasteiger partial charge in [-0.3, -0.25) is 4.57 Å². The van der Waals surface area contributed by atoms with Gasteiger partial charge in [-0.1, -0.05) is 42.5 Å². The SMILES string of the molecule is COc1ccnc(Oc2cccc(-c3ccc4c5ccccc5n(-c5cc(C)ccn5)c4c3)c2)c1. The molecule has 0 spiro atoms. The van der Waals surface area contributed by atoms with Crippen LogP contribution in [0.25, 0.3) is 38.8 Å². The van der Waals surface area contributed by atoms with Crippen molar-refractivity contribution >= 4 is 21.8 Å². The van der Waals surface area contributed by atoms with Gasteiger partial charge in [0.1, 0.15) is 17.3 Å². The third-order valence-electron chi connectivity index (χ3n) is 6.14. The first kappa shape index (κ1) is 20.9. The molecule has 0 radical (unpaired) electrons. The molecule has 6 aromatic rings. The maximum absolute atomic E-state index is 6.02. The van der Waals surface area contributed by atoms with Crippen molar-refractivity contribution in [2.24, 2.45) is 0 Å². The minimum absolute atomic E-state index is 0.489. The van der Waals surface area contributed by atoms with Gasteiger partial charge in [0.25, 0.3) is 0 Å². The van der Waals surface area contributed by atoms with E-state index in [1.807, 2.05) is 30.5 Å². The number of methoxy groups -OCH3 is 1. The molecule has 0 saturated heterocycles. The van der Waals surface area contributed by atoms with Crippen LogP contribution < -0.4 is 9.47 Å². The molecule has 0 bridgehead atoms. The normalized spacial score (nSPS) is 11.1. The van der Waals surface area contributed by atoms with Gasteiger partial charge in [-0.15, -0.1) is 0 Å². The fraction of sp³-hybridized carbons (Fsp3) is 0.0667. The van der Waals surface area contributed by atoms with Crippen molar-refractivity contribution in [2.75, 3.05) is 7.11 Å². The van der Waals surface area contributed by atoms with Crippen LogP contribution in [0.3, 0.4) is 0 Å². The number of ether oxygens (including phenoxy) is 2. The van der Waals surface area contributed by atoms with Crippen LogP contribution >= 0.6 is 0 Å². The topological polar surface area (TPSA) is 49.2 Å². The van der Waals surface area contributed by atoms with Crippen molar-refractivity contribution in [1.29, 1.82) is 0 Å². The number of benzene rings is 3. The maximum atomic E-state index is 6.02. The molecule has 0 atom stereocenters. The average molecular weight is 458 g/mol. The molecule has 0 saturated carbocycles. The Morgan fingerprint density at radius 3 is 2.37 bits per heavy atom. The highest BCUT2D eigenvalue weighted by atomic mass is 16.5. The van der Waals surface area contributed by atoms with Gasteiger partial charge in [0.05, 0.1) is 18.1 Å². The monoisotopic (exact) mass is 457 g/mol. The molecule has 5 nitrogen and oxygen atoms in total. The lowest BCUT2D eigenvalue weighted by molar-refractivity contribution is 0.405. The molecule has 0 aliphatic heterocycles. The average Bonchev–Trinajstić information content (AvgIpc) is 3.23. The smallest absolute Gasteiger partial charge is 0.222 e. The number of aromatic nitrogens is 3. The van der Waals surface area contributed by atoms with Crippen LogP contribution in [0.5, 0.6) is 17.4 Å². The molecule has 3 aromatic heterocycles. The van der Waals surface area contributed by atoms with E-state index in [1.54, 1.807) is 25.4 Å². The van der Waals surface area contributed by atoms with Crippen LogP contribution in [0.4, 0.5) is 0 Å². The predicted molar refractivity (Wildman–Crippen MR) is 140 cm³/mol. The van der Waals surface area contributed by atoms with E-state index in [2.05, 4.69) is 76.1 Å². The highest BCUT2D eigenvalue weighted by Crippen LogP contribution is 2.35. The molecule has 170 valence electrons. The summed E-state index contributed by atoms with van der Waals surface area (Å²) >= 11 is 0. The molecule has 5 heteroatoms. The summed E-state index contributed by atoms with van der Waals surface area (Å²) in [5.41, 5.74) is 5.58. The molecule has 0 amide bonds. The number of para-hydroxylation sites is 1. The minimum atomic E-state index is 0.489. The van der Waals surface area contributed by atoms with Gasteiger partial charge >= 0.3 is 0 Å². The summed E-state index contributed by atoms with van der Waals surface area (Å²) in [5, 5.41) is 2.40. The van der Waals surface area contributed by atoms with E-state index < -0.39 is 0 Å². The lowest BCUT2D eigenvalue weighted by Crippen LogP contribution is -1.97. The molecule has 0 unspecified atom stereocenters. The fourth-order valence-corrected chi connectivity index (χ4v) is 4.47. The zero-order valence-corrected chi connectivity index (χ0v) is 19.5. The summed E-state index contributed by atoms with van der Waals surface area (Å²) in [4.78, 5) is 8.98. The summed E-state index contributed by atoms with van der Waals surface area (Å²) in [6, 6.07) is 30.8. The van der Waals surface area contributed by atoms with E-state index in [0.717, 1.165) is 28.0 Å². The van der Waals surface area contributed by atoms with Crippen LogP contribution in [-0.2, 0) is 0 Å². The second-order valence-corrected chi connectivity index (χ2v) is 8.44. The Balaban J connectivity index is 1.47. The number of nitrogens with zero attached hydrogens (tertiary/aromatic N) is 3. The summed E-state index contributed by atoms with van der Waals surface area (Å²) in [6.07, 6.45) is 3.53. The Kier molecular flexibility index (Phi) is 5.15. The van der Waals surface area contributed by atoms with Gasteiger partial charge in [0.15, 0.2) is 0 Å². The van der Waals surface area contributed by atoms with Crippen molar-refractivity contribution in [1.82, 2.24) is 14.5 Å². The predicted octanol–water partition coefficient (Wildman–Crippen LogP) is 7.35. The van der Waals surface area contributed by atoms with Crippen LogP contribution in [0.2, 0.25) is 0 Å². The zero-order valence-electron chi connectivity index (χ0n) is 19.5. The van der Waals surface area contributed by atoms with Gasteiger partial charge in [0, 0.05) is 29.2 Å². The summed E-state index contributed by atoms with van der Waals surface area (Å²) in [7, 11) is 1.63. The highest BCUT2D eigenvalue weighted by molar-refractivity contribution is 6.10. The third kappa shape index (κ3) is 3.87. The van der Waals surface area contributed by atoms with Crippen LogP contribution in [-0.4, -0.2) is 21.6 Å². The van der Waals surface area contributed by atoms with Gasteiger partial charge in [-0.25, -0.2) is 9.97 Å². The first-order chi connectivity index (χ1) is 17.2. The van der Waals surface area contributed by atoms with E-state index in [-0.39, 0.29) is 0 Å².